The molecule has 0 aromatic heterocycles. The van der Waals surface area contributed by atoms with E-state index in [0.717, 1.165) is 6.07 Å². The third-order valence-electron chi connectivity index (χ3n) is 2.94. The molecule has 0 saturated carbocycles. The summed E-state index contributed by atoms with van der Waals surface area (Å²) in [5.74, 6) is -1.88. The molecule has 2 N–H and O–H groups in total. The van der Waals surface area contributed by atoms with Crippen molar-refractivity contribution in [3.8, 4) is 5.75 Å². The van der Waals surface area contributed by atoms with Crippen LogP contribution in [0.4, 0.5) is 8.78 Å². The van der Waals surface area contributed by atoms with E-state index in [9.17, 15) is 25.6 Å². The number of hydrogen-bond acceptors (Lipinski definition) is 5. The molecule has 2 aromatic rings. The van der Waals surface area contributed by atoms with E-state index in [-0.39, 0.29) is 4.90 Å². The highest BCUT2D eigenvalue weighted by Gasteiger charge is 2.23. The van der Waals surface area contributed by atoms with Gasteiger partial charge in [0, 0.05) is 6.07 Å². The van der Waals surface area contributed by atoms with Gasteiger partial charge in [0.15, 0.2) is 0 Å². The van der Waals surface area contributed by atoms with Gasteiger partial charge in [0.2, 0.25) is 0 Å². The third kappa shape index (κ3) is 4.72. The second-order valence-electron chi connectivity index (χ2n) is 4.69. The maximum atomic E-state index is 13.6. The second kappa shape index (κ2) is 7.44. The van der Waals surface area contributed by atoms with Crippen molar-refractivity contribution in [1.82, 2.24) is 9.66 Å². The molecule has 25 heavy (non-hydrogen) atoms. The van der Waals surface area contributed by atoms with Crippen LogP contribution < -0.4 is 14.4 Å². The van der Waals surface area contributed by atoms with Crippen LogP contribution in [-0.2, 0) is 20.0 Å². The Morgan fingerprint density at radius 1 is 0.920 bits per heavy atom. The summed E-state index contributed by atoms with van der Waals surface area (Å²) in [7, 11) is -8.82. The Morgan fingerprint density at radius 3 is 2.08 bits per heavy atom. The SMILES string of the molecule is CCOc1ccc(S(=O)(=O)NNS(=O)(=O)c2ccc(F)cc2F)cc1. The Kier molecular flexibility index (Phi) is 5.72. The molecule has 0 fully saturated rings. The van der Waals surface area contributed by atoms with Gasteiger partial charge < -0.3 is 4.74 Å². The lowest BCUT2D eigenvalue weighted by molar-refractivity contribution is 0.340. The van der Waals surface area contributed by atoms with Crippen molar-refractivity contribution in [2.75, 3.05) is 6.61 Å². The highest BCUT2D eigenvalue weighted by molar-refractivity contribution is 7.92. The Bertz CT molecular complexity index is 961. The van der Waals surface area contributed by atoms with Crippen molar-refractivity contribution in [1.29, 1.82) is 0 Å². The molecule has 0 heterocycles. The molecule has 2 rings (SSSR count). The number of sulfonamides is 2. The number of nitrogens with one attached hydrogen (secondary N) is 2. The minimum atomic E-state index is -4.57. The number of hydrazine groups is 1. The topological polar surface area (TPSA) is 102 Å². The molecule has 0 bridgehead atoms. The maximum absolute atomic E-state index is 13.6. The van der Waals surface area contributed by atoms with Gasteiger partial charge in [0.1, 0.15) is 22.3 Å². The van der Waals surface area contributed by atoms with E-state index in [0.29, 0.717) is 24.5 Å². The van der Waals surface area contributed by atoms with Gasteiger partial charge in [-0.05, 0) is 43.3 Å². The largest absolute Gasteiger partial charge is 0.494 e. The van der Waals surface area contributed by atoms with E-state index in [4.69, 9.17) is 4.74 Å². The third-order valence-corrected chi connectivity index (χ3v) is 5.61. The highest BCUT2D eigenvalue weighted by Crippen LogP contribution is 2.17. The molecule has 2 aromatic carbocycles. The minimum Gasteiger partial charge on any atom is -0.494 e. The number of ether oxygens (including phenoxy) is 1. The van der Waals surface area contributed by atoms with E-state index in [1.807, 2.05) is 0 Å². The highest BCUT2D eigenvalue weighted by atomic mass is 32.2. The van der Waals surface area contributed by atoms with Crippen molar-refractivity contribution in [3.05, 3.63) is 54.1 Å². The lowest BCUT2D eigenvalue weighted by Crippen LogP contribution is -2.41. The minimum absolute atomic E-state index is 0.238. The summed E-state index contributed by atoms with van der Waals surface area (Å²) in [6.45, 7) is 2.16. The predicted molar refractivity (Wildman–Crippen MR) is 84.6 cm³/mol. The Balaban J connectivity index is 2.18. The molecule has 0 aliphatic heterocycles. The van der Waals surface area contributed by atoms with Gasteiger partial charge in [-0.2, -0.15) is 0 Å². The summed E-state index contributed by atoms with van der Waals surface area (Å²) < 4.78 is 79.7. The lowest BCUT2D eigenvalue weighted by atomic mass is 10.3. The quantitative estimate of drug-likeness (QED) is 0.696. The second-order valence-corrected chi connectivity index (χ2v) is 8.02. The molecule has 0 radical (unpaired) electrons. The molecule has 0 aliphatic carbocycles. The number of rotatable bonds is 7. The van der Waals surface area contributed by atoms with Gasteiger partial charge in [-0.25, -0.2) is 25.6 Å². The molecular formula is C14H14F2N2O5S2. The molecular weight excluding hydrogens is 378 g/mol. The average Bonchev–Trinajstić information content (AvgIpc) is 2.54. The predicted octanol–water partition coefficient (Wildman–Crippen LogP) is 1.54. The number of hydrogen-bond donors (Lipinski definition) is 2. The van der Waals surface area contributed by atoms with Crippen molar-refractivity contribution in [3.63, 3.8) is 0 Å². The van der Waals surface area contributed by atoms with Crippen LogP contribution in [-0.4, -0.2) is 23.4 Å². The first kappa shape index (κ1) is 19.2. The van der Waals surface area contributed by atoms with Crippen LogP contribution in [0.25, 0.3) is 0 Å². The normalized spacial score (nSPS) is 12.1. The van der Waals surface area contributed by atoms with Crippen molar-refractivity contribution in [2.45, 2.75) is 16.7 Å². The van der Waals surface area contributed by atoms with Crippen LogP contribution in [0.2, 0.25) is 0 Å². The van der Waals surface area contributed by atoms with E-state index in [1.54, 1.807) is 16.6 Å². The van der Waals surface area contributed by atoms with Gasteiger partial charge in [-0.3, -0.25) is 0 Å². The van der Waals surface area contributed by atoms with E-state index >= 15 is 0 Å². The number of halogens is 2. The monoisotopic (exact) mass is 392 g/mol. The molecule has 0 unspecified atom stereocenters. The summed E-state index contributed by atoms with van der Waals surface area (Å²) in [6.07, 6.45) is 0. The van der Waals surface area contributed by atoms with E-state index < -0.39 is 36.6 Å². The fraction of sp³-hybridized carbons (Fsp3) is 0.143. The standard InChI is InChI=1S/C14H14F2N2O5S2/c1-2-23-11-4-6-12(7-5-11)24(19,20)17-18-25(21,22)14-8-3-10(15)9-13(14)16/h3-9,17-18H,2H2,1H3. The van der Waals surface area contributed by atoms with Crippen LogP contribution in [0, 0.1) is 11.6 Å². The van der Waals surface area contributed by atoms with Gasteiger partial charge in [-0.1, -0.05) is 0 Å². The van der Waals surface area contributed by atoms with Crippen LogP contribution in [0.15, 0.2) is 52.3 Å². The first-order valence-electron chi connectivity index (χ1n) is 6.87. The zero-order valence-corrected chi connectivity index (χ0v) is 14.5. The smallest absolute Gasteiger partial charge is 0.257 e. The molecule has 0 atom stereocenters. The molecule has 0 aliphatic rings. The maximum Gasteiger partial charge on any atom is 0.257 e. The molecule has 0 amide bonds. The summed E-state index contributed by atoms with van der Waals surface area (Å²) in [6, 6.07) is 6.99. The van der Waals surface area contributed by atoms with Crippen LogP contribution >= 0.6 is 0 Å². The molecule has 0 saturated heterocycles. The lowest BCUT2D eigenvalue weighted by Gasteiger charge is -2.10. The molecule has 136 valence electrons. The first-order valence-corrected chi connectivity index (χ1v) is 9.84. The molecule has 7 nitrogen and oxygen atoms in total. The van der Waals surface area contributed by atoms with E-state index in [1.165, 1.54) is 24.3 Å². The van der Waals surface area contributed by atoms with Crippen molar-refractivity contribution < 1.29 is 30.4 Å². The van der Waals surface area contributed by atoms with Gasteiger partial charge >= 0.3 is 0 Å². The van der Waals surface area contributed by atoms with Gasteiger partial charge in [-0.15, -0.1) is 9.66 Å². The summed E-state index contributed by atoms with van der Waals surface area (Å²) in [5.41, 5.74) is 0. The van der Waals surface area contributed by atoms with Crippen molar-refractivity contribution in [2.24, 2.45) is 0 Å². The van der Waals surface area contributed by atoms with Gasteiger partial charge in [0.25, 0.3) is 20.0 Å². The summed E-state index contributed by atoms with van der Waals surface area (Å²) in [5, 5.41) is 0. The number of benzene rings is 2. The zero-order valence-electron chi connectivity index (χ0n) is 12.9. The van der Waals surface area contributed by atoms with Gasteiger partial charge in [0.05, 0.1) is 11.5 Å². The Hall–Kier alpha value is -2.08. The Labute approximate surface area is 143 Å². The Morgan fingerprint density at radius 2 is 1.52 bits per heavy atom. The molecule has 11 heteroatoms. The molecule has 0 spiro atoms. The summed E-state index contributed by atoms with van der Waals surface area (Å²) in [4.78, 5) is 2.06. The fourth-order valence-electron chi connectivity index (χ4n) is 1.80. The van der Waals surface area contributed by atoms with E-state index in [2.05, 4.69) is 0 Å². The van der Waals surface area contributed by atoms with Crippen LogP contribution in [0.5, 0.6) is 5.75 Å². The fourth-order valence-corrected chi connectivity index (χ4v) is 3.96. The van der Waals surface area contributed by atoms with Crippen LogP contribution in [0.3, 0.4) is 0 Å². The average molecular weight is 392 g/mol. The van der Waals surface area contributed by atoms with Crippen molar-refractivity contribution >= 4 is 20.0 Å². The zero-order chi connectivity index (χ0) is 18.7. The first-order chi connectivity index (χ1) is 11.7. The van der Waals surface area contributed by atoms with Crippen LogP contribution in [0.1, 0.15) is 6.92 Å². The summed E-state index contributed by atoms with van der Waals surface area (Å²) >= 11 is 0.